The van der Waals surface area contributed by atoms with Gasteiger partial charge in [0.15, 0.2) is 0 Å². The van der Waals surface area contributed by atoms with Crippen molar-refractivity contribution in [1.29, 1.82) is 0 Å². The Kier molecular flexibility index (Phi) is 2.98. The van der Waals surface area contributed by atoms with Gasteiger partial charge in [0, 0.05) is 15.7 Å². The molecule has 78 valence electrons. The molecule has 0 atom stereocenters. The molecule has 1 heterocycles. The SMILES string of the molecule is Cc1ccc(Br)cc1-c1n[nH]c(C)c1Br. The van der Waals surface area contributed by atoms with Crippen LogP contribution >= 0.6 is 31.9 Å². The van der Waals surface area contributed by atoms with Gasteiger partial charge in [-0.1, -0.05) is 22.0 Å². The molecule has 15 heavy (non-hydrogen) atoms. The summed E-state index contributed by atoms with van der Waals surface area (Å²) in [5, 5.41) is 7.26. The van der Waals surface area contributed by atoms with E-state index in [4.69, 9.17) is 0 Å². The second kappa shape index (κ2) is 4.10. The summed E-state index contributed by atoms with van der Waals surface area (Å²) >= 11 is 7.01. The zero-order valence-corrected chi connectivity index (χ0v) is 11.6. The summed E-state index contributed by atoms with van der Waals surface area (Å²) in [6.07, 6.45) is 0. The van der Waals surface area contributed by atoms with Gasteiger partial charge in [0.1, 0.15) is 5.69 Å². The van der Waals surface area contributed by atoms with Gasteiger partial charge >= 0.3 is 0 Å². The number of nitrogens with zero attached hydrogens (tertiary/aromatic N) is 1. The molecule has 2 nitrogen and oxygen atoms in total. The smallest absolute Gasteiger partial charge is 0.107 e. The van der Waals surface area contributed by atoms with Crippen molar-refractivity contribution in [2.45, 2.75) is 13.8 Å². The van der Waals surface area contributed by atoms with Crippen LogP contribution in [0, 0.1) is 13.8 Å². The molecular formula is C11H10Br2N2. The van der Waals surface area contributed by atoms with E-state index in [0.717, 1.165) is 25.9 Å². The van der Waals surface area contributed by atoms with Crippen molar-refractivity contribution in [3.63, 3.8) is 0 Å². The maximum absolute atomic E-state index is 4.29. The molecule has 0 spiro atoms. The van der Waals surface area contributed by atoms with Crippen LogP contribution in [0.3, 0.4) is 0 Å². The van der Waals surface area contributed by atoms with Gasteiger partial charge in [-0.05, 0) is 47.5 Å². The fraction of sp³-hybridized carbons (Fsp3) is 0.182. The Hall–Kier alpha value is -0.610. The van der Waals surface area contributed by atoms with Gasteiger partial charge in [-0.3, -0.25) is 5.10 Å². The van der Waals surface area contributed by atoms with Gasteiger partial charge in [-0.2, -0.15) is 5.10 Å². The minimum absolute atomic E-state index is 0.964. The van der Waals surface area contributed by atoms with Crippen LogP contribution in [0.4, 0.5) is 0 Å². The Labute approximate surface area is 105 Å². The first-order chi connectivity index (χ1) is 7.09. The van der Waals surface area contributed by atoms with Crippen molar-refractivity contribution < 1.29 is 0 Å². The fourth-order valence-electron chi connectivity index (χ4n) is 1.44. The number of rotatable bonds is 1. The van der Waals surface area contributed by atoms with Gasteiger partial charge < -0.3 is 0 Å². The lowest BCUT2D eigenvalue weighted by atomic mass is 10.1. The monoisotopic (exact) mass is 328 g/mol. The first kappa shape index (κ1) is 10.9. The highest BCUT2D eigenvalue weighted by Crippen LogP contribution is 2.32. The van der Waals surface area contributed by atoms with E-state index in [-0.39, 0.29) is 0 Å². The van der Waals surface area contributed by atoms with Crippen LogP contribution in [-0.2, 0) is 0 Å². The fourth-order valence-corrected chi connectivity index (χ4v) is 2.20. The maximum Gasteiger partial charge on any atom is 0.107 e. The summed E-state index contributed by atoms with van der Waals surface area (Å²) in [4.78, 5) is 0. The predicted octanol–water partition coefficient (Wildman–Crippen LogP) is 4.22. The lowest BCUT2D eigenvalue weighted by molar-refractivity contribution is 1.05. The largest absolute Gasteiger partial charge is 0.281 e. The second-order valence-corrected chi connectivity index (χ2v) is 5.18. The molecule has 0 unspecified atom stereocenters. The molecule has 0 aliphatic heterocycles. The Morgan fingerprint density at radius 1 is 1.20 bits per heavy atom. The van der Waals surface area contributed by atoms with Crippen LogP contribution < -0.4 is 0 Å². The number of aryl methyl sites for hydroxylation is 2. The van der Waals surface area contributed by atoms with Crippen LogP contribution in [0.5, 0.6) is 0 Å². The number of hydrogen-bond donors (Lipinski definition) is 1. The Balaban J connectivity index is 2.63. The van der Waals surface area contributed by atoms with Crippen LogP contribution in [0.25, 0.3) is 11.3 Å². The number of nitrogens with one attached hydrogen (secondary N) is 1. The number of halogens is 2. The number of hydrogen-bond acceptors (Lipinski definition) is 1. The molecule has 0 fully saturated rings. The minimum atomic E-state index is 0.964. The second-order valence-electron chi connectivity index (χ2n) is 3.47. The van der Waals surface area contributed by atoms with Crippen LogP contribution in [0.2, 0.25) is 0 Å². The van der Waals surface area contributed by atoms with E-state index >= 15 is 0 Å². The summed E-state index contributed by atoms with van der Waals surface area (Å²) < 4.78 is 2.10. The molecule has 0 bridgehead atoms. The predicted molar refractivity (Wildman–Crippen MR) is 68.9 cm³/mol. The first-order valence-electron chi connectivity index (χ1n) is 4.56. The zero-order valence-electron chi connectivity index (χ0n) is 8.44. The van der Waals surface area contributed by atoms with Crippen molar-refractivity contribution in [2.24, 2.45) is 0 Å². The summed E-state index contributed by atoms with van der Waals surface area (Å²) in [5.41, 5.74) is 4.36. The Bertz CT molecular complexity index is 503. The van der Waals surface area contributed by atoms with E-state index in [1.807, 2.05) is 13.0 Å². The van der Waals surface area contributed by atoms with E-state index in [2.05, 4.69) is 61.1 Å². The molecule has 1 aromatic carbocycles. The third-order valence-corrected chi connectivity index (χ3v) is 3.79. The standard InChI is InChI=1S/C11H10Br2N2/c1-6-3-4-8(12)5-9(6)11-10(13)7(2)14-15-11/h3-5H,1-2H3,(H,14,15). The van der Waals surface area contributed by atoms with E-state index in [0.29, 0.717) is 0 Å². The third-order valence-electron chi connectivity index (χ3n) is 2.33. The number of benzene rings is 1. The quantitative estimate of drug-likeness (QED) is 0.833. The van der Waals surface area contributed by atoms with E-state index in [1.54, 1.807) is 0 Å². The van der Waals surface area contributed by atoms with Crippen LogP contribution in [0.1, 0.15) is 11.3 Å². The van der Waals surface area contributed by atoms with Crippen LogP contribution in [0.15, 0.2) is 27.1 Å². The Morgan fingerprint density at radius 2 is 1.93 bits per heavy atom. The molecule has 2 rings (SSSR count). The van der Waals surface area contributed by atoms with Crippen molar-refractivity contribution >= 4 is 31.9 Å². The molecule has 1 N–H and O–H groups in total. The summed E-state index contributed by atoms with van der Waals surface area (Å²) in [7, 11) is 0. The summed E-state index contributed by atoms with van der Waals surface area (Å²) in [6.45, 7) is 4.08. The number of aromatic nitrogens is 2. The maximum atomic E-state index is 4.29. The minimum Gasteiger partial charge on any atom is -0.281 e. The molecule has 0 aliphatic rings. The normalized spacial score (nSPS) is 10.7. The van der Waals surface area contributed by atoms with Crippen molar-refractivity contribution in [2.75, 3.05) is 0 Å². The highest BCUT2D eigenvalue weighted by molar-refractivity contribution is 9.11. The molecule has 4 heteroatoms. The molecular weight excluding hydrogens is 320 g/mol. The molecule has 0 amide bonds. The molecule has 0 radical (unpaired) electrons. The van der Waals surface area contributed by atoms with Gasteiger partial charge in [0.05, 0.1) is 4.47 Å². The third kappa shape index (κ3) is 2.01. The average Bonchev–Trinajstić information content (AvgIpc) is 2.52. The summed E-state index contributed by atoms with van der Waals surface area (Å²) in [6, 6.07) is 6.19. The summed E-state index contributed by atoms with van der Waals surface area (Å²) in [5.74, 6) is 0. The van der Waals surface area contributed by atoms with Gasteiger partial charge in [-0.25, -0.2) is 0 Å². The first-order valence-corrected chi connectivity index (χ1v) is 6.15. The molecule has 1 aromatic heterocycles. The highest BCUT2D eigenvalue weighted by Gasteiger charge is 2.11. The topological polar surface area (TPSA) is 28.7 Å². The van der Waals surface area contributed by atoms with Gasteiger partial charge in [0.25, 0.3) is 0 Å². The van der Waals surface area contributed by atoms with Crippen molar-refractivity contribution in [3.05, 3.63) is 38.4 Å². The zero-order chi connectivity index (χ0) is 11.0. The lowest BCUT2D eigenvalue weighted by Crippen LogP contribution is -1.84. The highest BCUT2D eigenvalue weighted by atomic mass is 79.9. The average molecular weight is 330 g/mol. The lowest BCUT2D eigenvalue weighted by Gasteiger charge is -2.03. The van der Waals surface area contributed by atoms with Gasteiger partial charge in [0.2, 0.25) is 0 Å². The van der Waals surface area contributed by atoms with E-state index in [1.165, 1.54) is 5.56 Å². The molecule has 0 aliphatic carbocycles. The Morgan fingerprint density at radius 3 is 2.53 bits per heavy atom. The van der Waals surface area contributed by atoms with Crippen molar-refractivity contribution in [3.8, 4) is 11.3 Å². The number of aromatic amines is 1. The molecule has 2 aromatic rings. The van der Waals surface area contributed by atoms with Crippen LogP contribution in [-0.4, -0.2) is 10.2 Å². The molecule has 0 saturated carbocycles. The van der Waals surface area contributed by atoms with Gasteiger partial charge in [-0.15, -0.1) is 0 Å². The molecule has 0 saturated heterocycles. The van der Waals surface area contributed by atoms with Crippen molar-refractivity contribution in [1.82, 2.24) is 10.2 Å². The van der Waals surface area contributed by atoms with E-state index < -0.39 is 0 Å². The number of H-pyrrole nitrogens is 1. The van der Waals surface area contributed by atoms with E-state index in [9.17, 15) is 0 Å².